The Balaban J connectivity index is 2.26. The summed E-state index contributed by atoms with van der Waals surface area (Å²) in [6.45, 7) is 0. The van der Waals surface area contributed by atoms with Crippen molar-refractivity contribution in [2.75, 3.05) is 5.32 Å². The highest BCUT2D eigenvalue weighted by atomic mass is 16.1. The fourth-order valence-corrected chi connectivity index (χ4v) is 1.06. The van der Waals surface area contributed by atoms with Crippen molar-refractivity contribution in [3.05, 3.63) is 30.6 Å². The van der Waals surface area contributed by atoms with E-state index in [1.165, 1.54) is 11.0 Å². The number of tetrazole rings is 1. The van der Waals surface area contributed by atoms with Gasteiger partial charge in [-0.25, -0.2) is 4.68 Å². The van der Waals surface area contributed by atoms with E-state index in [1.54, 1.807) is 12.1 Å². The molecule has 0 atom stereocenters. The van der Waals surface area contributed by atoms with Gasteiger partial charge in [0.25, 0.3) is 0 Å². The molecule has 1 amide bonds. The number of carbonyl (C=O) groups excluding carboxylic acids is 1. The average Bonchev–Trinajstić information content (AvgIpc) is 2.72. The minimum absolute atomic E-state index is 0.631. The van der Waals surface area contributed by atoms with Crippen molar-refractivity contribution in [1.82, 2.24) is 20.2 Å². The van der Waals surface area contributed by atoms with Crippen molar-refractivity contribution in [2.24, 2.45) is 0 Å². The second kappa shape index (κ2) is 3.65. The van der Waals surface area contributed by atoms with Gasteiger partial charge < -0.3 is 5.32 Å². The fourth-order valence-electron chi connectivity index (χ4n) is 1.06. The number of nitrogens with one attached hydrogen (secondary N) is 1. The minimum atomic E-state index is 0.631. The Kier molecular flexibility index (Phi) is 2.18. The Hall–Kier alpha value is -2.24. The van der Waals surface area contributed by atoms with Gasteiger partial charge in [0, 0.05) is 5.69 Å². The Labute approximate surface area is 79.5 Å². The molecule has 6 nitrogen and oxygen atoms in total. The molecule has 70 valence electrons. The lowest BCUT2D eigenvalue weighted by molar-refractivity contribution is -0.105. The van der Waals surface area contributed by atoms with Crippen LogP contribution in [0.3, 0.4) is 0 Å². The van der Waals surface area contributed by atoms with Crippen LogP contribution in [0.25, 0.3) is 5.69 Å². The second-order valence-corrected chi connectivity index (χ2v) is 2.56. The molecule has 0 unspecified atom stereocenters. The molecular weight excluding hydrogens is 182 g/mol. The van der Waals surface area contributed by atoms with Gasteiger partial charge in [-0.2, -0.15) is 0 Å². The third-order valence-electron chi connectivity index (χ3n) is 1.71. The molecule has 14 heavy (non-hydrogen) atoms. The molecule has 6 heteroatoms. The summed E-state index contributed by atoms with van der Waals surface area (Å²) in [6, 6.07) is 7.15. The SMILES string of the molecule is O=CNc1ccc(-n2cnnn2)cc1. The van der Waals surface area contributed by atoms with Crippen molar-refractivity contribution in [3.8, 4) is 5.69 Å². The Morgan fingerprint density at radius 1 is 1.29 bits per heavy atom. The lowest BCUT2D eigenvalue weighted by Crippen LogP contribution is -1.97. The number of carbonyl (C=O) groups is 1. The summed E-state index contributed by atoms with van der Waals surface area (Å²) < 4.78 is 1.53. The molecule has 0 aliphatic rings. The molecule has 1 aromatic heterocycles. The molecule has 0 saturated heterocycles. The van der Waals surface area contributed by atoms with Crippen molar-refractivity contribution < 1.29 is 4.79 Å². The van der Waals surface area contributed by atoms with Crippen LogP contribution in [-0.4, -0.2) is 26.6 Å². The quantitative estimate of drug-likeness (QED) is 0.701. The zero-order chi connectivity index (χ0) is 9.80. The van der Waals surface area contributed by atoms with Crippen LogP contribution in [0.15, 0.2) is 30.6 Å². The summed E-state index contributed by atoms with van der Waals surface area (Å²) in [5.41, 5.74) is 1.57. The van der Waals surface area contributed by atoms with E-state index >= 15 is 0 Å². The molecule has 0 radical (unpaired) electrons. The van der Waals surface area contributed by atoms with E-state index in [0.717, 1.165) is 11.4 Å². The smallest absolute Gasteiger partial charge is 0.211 e. The van der Waals surface area contributed by atoms with Gasteiger partial charge in [-0.3, -0.25) is 4.79 Å². The summed E-state index contributed by atoms with van der Waals surface area (Å²) in [4.78, 5) is 10.1. The van der Waals surface area contributed by atoms with Gasteiger partial charge in [-0.1, -0.05) is 0 Å². The van der Waals surface area contributed by atoms with Gasteiger partial charge in [0.2, 0.25) is 6.41 Å². The van der Waals surface area contributed by atoms with Crippen molar-refractivity contribution in [2.45, 2.75) is 0 Å². The molecule has 0 aliphatic heterocycles. The van der Waals surface area contributed by atoms with Crippen LogP contribution >= 0.6 is 0 Å². The number of benzene rings is 1. The molecule has 0 spiro atoms. The van der Waals surface area contributed by atoms with Gasteiger partial charge in [-0.05, 0) is 34.7 Å². The first kappa shape index (κ1) is 8.36. The van der Waals surface area contributed by atoms with E-state index in [9.17, 15) is 4.79 Å². The first-order chi connectivity index (χ1) is 6.90. The number of hydrogen-bond acceptors (Lipinski definition) is 4. The maximum Gasteiger partial charge on any atom is 0.211 e. The molecule has 2 rings (SSSR count). The highest BCUT2D eigenvalue weighted by Gasteiger charge is 1.96. The first-order valence-electron chi connectivity index (χ1n) is 3.94. The Morgan fingerprint density at radius 2 is 2.07 bits per heavy atom. The highest BCUT2D eigenvalue weighted by molar-refractivity contribution is 5.71. The number of hydrogen-bond donors (Lipinski definition) is 1. The normalized spacial score (nSPS) is 9.71. The minimum Gasteiger partial charge on any atom is -0.329 e. The summed E-state index contributed by atoms with van der Waals surface area (Å²) in [5, 5.41) is 13.3. The Bertz CT molecular complexity index is 408. The van der Waals surface area contributed by atoms with Crippen LogP contribution in [0.1, 0.15) is 0 Å². The second-order valence-electron chi connectivity index (χ2n) is 2.56. The van der Waals surface area contributed by atoms with Crippen LogP contribution in [0, 0.1) is 0 Å². The molecule has 0 aliphatic carbocycles. The zero-order valence-electron chi connectivity index (χ0n) is 7.16. The topological polar surface area (TPSA) is 72.7 Å². The fraction of sp³-hybridized carbons (Fsp3) is 0. The maximum absolute atomic E-state index is 10.1. The molecule has 0 fully saturated rings. The molecule has 2 aromatic rings. The first-order valence-corrected chi connectivity index (χ1v) is 3.94. The lowest BCUT2D eigenvalue weighted by atomic mass is 10.3. The predicted octanol–water partition coefficient (Wildman–Crippen LogP) is 0.231. The summed E-state index contributed by atoms with van der Waals surface area (Å²) in [6.07, 6.45) is 2.13. The number of rotatable bonds is 3. The van der Waals surface area contributed by atoms with Gasteiger partial charge in [0.05, 0.1) is 5.69 Å². The molecule has 0 saturated carbocycles. The monoisotopic (exact) mass is 189 g/mol. The van der Waals surface area contributed by atoms with Gasteiger partial charge in [0.1, 0.15) is 6.33 Å². The van der Waals surface area contributed by atoms with E-state index in [4.69, 9.17) is 0 Å². The van der Waals surface area contributed by atoms with Gasteiger partial charge in [0.15, 0.2) is 0 Å². The van der Waals surface area contributed by atoms with E-state index in [2.05, 4.69) is 20.8 Å². The predicted molar refractivity (Wildman–Crippen MR) is 48.8 cm³/mol. The molecule has 1 aromatic carbocycles. The van der Waals surface area contributed by atoms with E-state index in [-0.39, 0.29) is 0 Å². The van der Waals surface area contributed by atoms with E-state index in [0.29, 0.717) is 6.41 Å². The van der Waals surface area contributed by atoms with Crippen LogP contribution in [0.5, 0.6) is 0 Å². The number of anilines is 1. The van der Waals surface area contributed by atoms with Crippen molar-refractivity contribution in [3.63, 3.8) is 0 Å². The van der Waals surface area contributed by atoms with E-state index < -0.39 is 0 Å². The molecular formula is C8H7N5O. The maximum atomic E-state index is 10.1. The van der Waals surface area contributed by atoms with Crippen molar-refractivity contribution in [1.29, 1.82) is 0 Å². The van der Waals surface area contributed by atoms with Gasteiger partial charge in [-0.15, -0.1) is 5.10 Å². The summed E-state index contributed by atoms with van der Waals surface area (Å²) in [7, 11) is 0. The summed E-state index contributed by atoms with van der Waals surface area (Å²) >= 11 is 0. The molecule has 1 heterocycles. The van der Waals surface area contributed by atoms with Crippen molar-refractivity contribution >= 4 is 12.1 Å². The van der Waals surface area contributed by atoms with Crippen LogP contribution in [0.4, 0.5) is 5.69 Å². The standard InChI is InChI=1S/C8H7N5O/c14-6-9-7-1-3-8(4-2-7)13-5-10-11-12-13/h1-6H,(H,9,14). The molecule has 1 N–H and O–H groups in total. The largest absolute Gasteiger partial charge is 0.329 e. The third-order valence-corrected chi connectivity index (χ3v) is 1.71. The van der Waals surface area contributed by atoms with Gasteiger partial charge >= 0.3 is 0 Å². The van der Waals surface area contributed by atoms with Crippen LogP contribution < -0.4 is 5.32 Å². The third kappa shape index (κ3) is 1.58. The Morgan fingerprint density at radius 3 is 2.64 bits per heavy atom. The average molecular weight is 189 g/mol. The number of nitrogens with zero attached hydrogens (tertiary/aromatic N) is 4. The number of aromatic nitrogens is 4. The van der Waals surface area contributed by atoms with Crippen LogP contribution in [0.2, 0.25) is 0 Å². The zero-order valence-corrected chi connectivity index (χ0v) is 7.16. The summed E-state index contributed by atoms with van der Waals surface area (Å²) in [5.74, 6) is 0. The number of amides is 1. The van der Waals surface area contributed by atoms with E-state index in [1.807, 2.05) is 12.1 Å². The lowest BCUT2D eigenvalue weighted by Gasteiger charge is -2.00. The van der Waals surface area contributed by atoms with Crippen LogP contribution in [-0.2, 0) is 4.79 Å². The highest BCUT2D eigenvalue weighted by Crippen LogP contribution is 2.10. The molecule has 0 bridgehead atoms.